The highest BCUT2D eigenvalue weighted by atomic mass is 79.9. The van der Waals surface area contributed by atoms with Crippen LogP contribution in [0.3, 0.4) is 0 Å². The number of hydrogen-bond donors (Lipinski definition) is 0. The van der Waals surface area contributed by atoms with Gasteiger partial charge in [-0.1, -0.05) is 38.8 Å². The van der Waals surface area contributed by atoms with Crippen LogP contribution >= 0.6 is 31.9 Å². The Balaban J connectivity index is 2.20. The molecule has 0 aromatic rings. The van der Waals surface area contributed by atoms with Crippen molar-refractivity contribution in [2.24, 2.45) is 11.8 Å². The molecule has 2 unspecified atom stereocenters. The molecular formula is C5H8Br2. The first-order chi connectivity index (χ1) is 3.22. The molecule has 0 aromatic carbocycles. The van der Waals surface area contributed by atoms with Gasteiger partial charge in [-0.25, -0.2) is 0 Å². The SMILES string of the molecule is CC1CC1C(Br)Br. The average molecular weight is 228 g/mol. The minimum Gasteiger partial charge on any atom is -0.0762 e. The van der Waals surface area contributed by atoms with Gasteiger partial charge < -0.3 is 0 Å². The monoisotopic (exact) mass is 226 g/mol. The fraction of sp³-hybridized carbons (Fsp3) is 1.00. The van der Waals surface area contributed by atoms with Gasteiger partial charge in [-0.05, 0) is 18.3 Å². The lowest BCUT2D eigenvalue weighted by molar-refractivity contribution is 0.832. The van der Waals surface area contributed by atoms with Crippen LogP contribution in [0.25, 0.3) is 0 Å². The van der Waals surface area contributed by atoms with Crippen molar-refractivity contribution in [3.05, 3.63) is 0 Å². The van der Waals surface area contributed by atoms with Crippen LogP contribution in [0.15, 0.2) is 0 Å². The van der Waals surface area contributed by atoms with E-state index in [9.17, 15) is 0 Å². The van der Waals surface area contributed by atoms with Gasteiger partial charge in [0.25, 0.3) is 0 Å². The molecule has 1 fully saturated rings. The minimum atomic E-state index is 0.565. The van der Waals surface area contributed by atoms with E-state index in [1.165, 1.54) is 6.42 Å². The fourth-order valence-electron chi connectivity index (χ4n) is 0.702. The molecule has 0 spiro atoms. The van der Waals surface area contributed by atoms with Gasteiger partial charge in [-0.15, -0.1) is 0 Å². The van der Waals surface area contributed by atoms with Crippen molar-refractivity contribution in [2.75, 3.05) is 0 Å². The zero-order chi connectivity index (χ0) is 5.44. The van der Waals surface area contributed by atoms with Crippen molar-refractivity contribution in [3.8, 4) is 0 Å². The molecule has 42 valence electrons. The maximum Gasteiger partial charge on any atom is 0.0728 e. The number of rotatable bonds is 1. The lowest BCUT2D eigenvalue weighted by atomic mass is 10.4. The third kappa shape index (κ3) is 1.43. The summed E-state index contributed by atoms with van der Waals surface area (Å²) in [6.07, 6.45) is 1.39. The predicted molar refractivity (Wildman–Crippen MR) is 38.9 cm³/mol. The van der Waals surface area contributed by atoms with E-state index < -0.39 is 0 Å². The van der Waals surface area contributed by atoms with E-state index >= 15 is 0 Å². The molecule has 0 bridgehead atoms. The molecule has 1 aliphatic rings. The van der Waals surface area contributed by atoms with Crippen molar-refractivity contribution >= 4 is 31.9 Å². The summed E-state index contributed by atoms with van der Waals surface area (Å²) in [5.74, 6) is 1.85. The highest BCUT2D eigenvalue weighted by molar-refractivity contribution is 9.24. The van der Waals surface area contributed by atoms with Crippen LogP contribution in [0.5, 0.6) is 0 Å². The molecule has 0 N–H and O–H groups in total. The molecule has 2 heteroatoms. The second-order valence-corrected chi connectivity index (χ2v) is 5.41. The zero-order valence-electron chi connectivity index (χ0n) is 4.20. The summed E-state index contributed by atoms with van der Waals surface area (Å²) in [5.41, 5.74) is 0. The molecule has 2 atom stereocenters. The molecule has 0 radical (unpaired) electrons. The highest BCUT2D eigenvalue weighted by Crippen LogP contribution is 2.45. The minimum absolute atomic E-state index is 0.565. The molecule has 7 heavy (non-hydrogen) atoms. The number of alkyl halides is 2. The summed E-state index contributed by atoms with van der Waals surface area (Å²) in [5, 5.41) is 0. The maximum absolute atomic E-state index is 3.46. The molecule has 0 amide bonds. The summed E-state index contributed by atoms with van der Waals surface area (Å²) >= 11 is 6.92. The van der Waals surface area contributed by atoms with Crippen LogP contribution in [-0.2, 0) is 0 Å². The first kappa shape index (κ1) is 6.09. The van der Waals surface area contributed by atoms with Crippen LogP contribution in [-0.4, -0.2) is 3.74 Å². The Hall–Kier alpha value is 0.960. The van der Waals surface area contributed by atoms with Gasteiger partial charge in [-0.2, -0.15) is 0 Å². The Morgan fingerprint density at radius 3 is 2.00 bits per heavy atom. The Morgan fingerprint density at radius 2 is 2.00 bits per heavy atom. The second-order valence-electron chi connectivity index (χ2n) is 2.21. The molecule has 0 saturated heterocycles. The van der Waals surface area contributed by atoms with E-state index in [2.05, 4.69) is 38.8 Å². The van der Waals surface area contributed by atoms with Crippen LogP contribution in [0.4, 0.5) is 0 Å². The van der Waals surface area contributed by atoms with Crippen LogP contribution < -0.4 is 0 Å². The van der Waals surface area contributed by atoms with Gasteiger partial charge in [0.05, 0.1) is 3.74 Å². The van der Waals surface area contributed by atoms with Crippen LogP contribution in [0, 0.1) is 11.8 Å². The summed E-state index contributed by atoms with van der Waals surface area (Å²) in [6.45, 7) is 2.28. The summed E-state index contributed by atoms with van der Waals surface area (Å²) < 4.78 is 0.565. The third-order valence-electron chi connectivity index (χ3n) is 1.50. The number of hydrogen-bond acceptors (Lipinski definition) is 0. The first-order valence-electron chi connectivity index (χ1n) is 2.50. The third-order valence-corrected chi connectivity index (χ3v) is 2.85. The maximum atomic E-state index is 3.46. The first-order valence-corrected chi connectivity index (χ1v) is 4.33. The largest absolute Gasteiger partial charge is 0.0762 e. The lowest BCUT2D eigenvalue weighted by Gasteiger charge is -1.92. The van der Waals surface area contributed by atoms with Crippen molar-refractivity contribution in [2.45, 2.75) is 17.1 Å². The Kier molecular flexibility index (Phi) is 1.79. The van der Waals surface area contributed by atoms with E-state index in [1.54, 1.807) is 0 Å². The Morgan fingerprint density at radius 1 is 1.57 bits per heavy atom. The summed E-state index contributed by atoms with van der Waals surface area (Å²) in [6, 6.07) is 0. The van der Waals surface area contributed by atoms with Gasteiger partial charge >= 0.3 is 0 Å². The topological polar surface area (TPSA) is 0 Å². The van der Waals surface area contributed by atoms with Gasteiger partial charge in [0, 0.05) is 0 Å². The van der Waals surface area contributed by atoms with Gasteiger partial charge in [-0.3, -0.25) is 0 Å². The molecule has 1 aliphatic carbocycles. The molecule has 1 rings (SSSR count). The van der Waals surface area contributed by atoms with Gasteiger partial charge in [0.1, 0.15) is 0 Å². The summed E-state index contributed by atoms with van der Waals surface area (Å²) in [4.78, 5) is 0. The van der Waals surface area contributed by atoms with Crippen molar-refractivity contribution < 1.29 is 0 Å². The van der Waals surface area contributed by atoms with Crippen molar-refractivity contribution in [3.63, 3.8) is 0 Å². The fourth-order valence-corrected chi connectivity index (χ4v) is 2.18. The van der Waals surface area contributed by atoms with E-state index in [0.717, 1.165) is 11.8 Å². The van der Waals surface area contributed by atoms with Gasteiger partial charge in [0.15, 0.2) is 0 Å². The zero-order valence-corrected chi connectivity index (χ0v) is 7.37. The average Bonchev–Trinajstić information content (AvgIpc) is 2.17. The molecule has 0 aliphatic heterocycles. The molecule has 0 heterocycles. The normalized spacial score (nSPS) is 39.4. The van der Waals surface area contributed by atoms with Crippen LogP contribution in [0.1, 0.15) is 13.3 Å². The lowest BCUT2D eigenvalue weighted by Crippen LogP contribution is -1.87. The molecule has 1 saturated carbocycles. The van der Waals surface area contributed by atoms with E-state index in [4.69, 9.17) is 0 Å². The second kappa shape index (κ2) is 2.06. The Labute approximate surface area is 60.9 Å². The van der Waals surface area contributed by atoms with E-state index in [-0.39, 0.29) is 0 Å². The number of halogens is 2. The molecule has 0 nitrogen and oxygen atoms in total. The van der Waals surface area contributed by atoms with Gasteiger partial charge in [0.2, 0.25) is 0 Å². The van der Waals surface area contributed by atoms with E-state index in [1.807, 2.05) is 0 Å². The smallest absolute Gasteiger partial charge is 0.0728 e. The summed E-state index contributed by atoms with van der Waals surface area (Å²) in [7, 11) is 0. The Bertz CT molecular complexity index is 70.5. The van der Waals surface area contributed by atoms with Crippen molar-refractivity contribution in [1.29, 1.82) is 0 Å². The molecular weight excluding hydrogens is 220 g/mol. The standard InChI is InChI=1S/C5H8Br2/c1-3-2-4(3)5(6)7/h3-5H,2H2,1H3. The highest BCUT2D eigenvalue weighted by Gasteiger charge is 2.36. The van der Waals surface area contributed by atoms with Crippen LogP contribution in [0.2, 0.25) is 0 Å². The predicted octanol–water partition coefficient (Wildman–Crippen LogP) is 2.76. The van der Waals surface area contributed by atoms with E-state index in [0.29, 0.717) is 3.74 Å². The van der Waals surface area contributed by atoms with Crippen molar-refractivity contribution in [1.82, 2.24) is 0 Å². The quantitative estimate of drug-likeness (QED) is 0.605. The molecule has 0 aromatic heterocycles.